The maximum absolute atomic E-state index is 10.8. The van der Waals surface area contributed by atoms with Gasteiger partial charge in [0.15, 0.2) is 0 Å². The van der Waals surface area contributed by atoms with Crippen LogP contribution in [-0.2, 0) is 11.2 Å². The van der Waals surface area contributed by atoms with Crippen molar-refractivity contribution < 1.29 is 14.6 Å². The van der Waals surface area contributed by atoms with Gasteiger partial charge in [0.2, 0.25) is 0 Å². The predicted molar refractivity (Wildman–Crippen MR) is 62.7 cm³/mol. The van der Waals surface area contributed by atoms with E-state index in [1.54, 1.807) is 14.0 Å². The molecular formula is C13H16O3. The molecule has 1 aromatic carbocycles. The molecule has 0 aromatic heterocycles. The Bertz CT molecular complexity index is 419. The first-order chi connectivity index (χ1) is 7.56. The summed E-state index contributed by atoms with van der Waals surface area (Å²) in [5.74, 6) is -0.0764. The Hall–Kier alpha value is -1.77. The number of ether oxygens (including phenoxy) is 1. The third kappa shape index (κ3) is 2.86. The first kappa shape index (κ1) is 12.3. The number of benzene rings is 1. The molecule has 0 aliphatic rings. The second kappa shape index (κ2) is 5.35. The van der Waals surface area contributed by atoms with Crippen LogP contribution in [0.15, 0.2) is 35.4 Å². The van der Waals surface area contributed by atoms with E-state index in [0.717, 1.165) is 16.9 Å². The molecule has 0 aliphatic heterocycles. The van der Waals surface area contributed by atoms with Gasteiger partial charge in [0, 0.05) is 5.57 Å². The first-order valence-corrected chi connectivity index (χ1v) is 5.07. The van der Waals surface area contributed by atoms with Crippen LogP contribution in [0.3, 0.4) is 0 Å². The quantitative estimate of drug-likeness (QED) is 0.793. The highest BCUT2D eigenvalue weighted by molar-refractivity contribution is 5.86. The summed E-state index contributed by atoms with van der Waals surface area (Å²) in [5, 5.41) is 8.87. The van der Waals surface area contributed by atoms with Gasteiger partial charge in [-0.2, -0.15) is 0 Å². The van der Waals surface area contributed by atoms with Gasteiger partial charge < -0.3 is 9.84 Å². The fourth-order valence-corrected chi connectivity index (χ4v) is 1.45. The van der Waals surface area contributed by atoms with Crippen LogP contribution in [0.4, 0.5) is 0 Å². The van der Waals surface area contributed by atoms with Crippen molar-refractivity contribution in [3.8, 4) is 5.75 Å². The molecule has 16 heavy (non-hydrogen) atoms. The van der Waals surface area contributed by atoms with Crippen molar-refractivity contribution >= 4 is 5.97 Å². The van der Waals surface area contributed by atoms with Gasteiger partial charge >= 0.3 is 5.97 Å². The normalized spacial score (nSPS) is 11.9. The van der Waals surface area contributed by atoms with Crippen molar-refractivity contribution in [3.05, 3.63) is 41.0 Å². The van der Waals surface area contributed by atoms with Gasteiger partial charge in [0.1, 0.15) is 5.75 Å². The number of carboxylic acid groups (broad SMARTS) is 1. The zero-order valence-corrected chi connectivity index (χ0v) is 9.78. The Labute approximate surface area is 95.4 Å². The number of hydrogen-bond donors (Lipinski definition) is 1. The highest BCUT2D eigenvalue weighted by Crippen LogP contribution is 2.21. The number of allylic oxidation sites excluding steroid dienone is 1. The van der Waals surface area contributed by atoms with Crippen molar-refractivity contribution in [2.45, 2.75) is 20.3 Å². The van der Waals surface area contributed by atoms with Gasteiger partial charge in [-0.3, -0.25) is 0 Å². The lowest BCUT2D eigenvalue weighted by Gasteiger charge is -2.09. The van der Waals surface area contributed by atoms with Gasteiger partial charge in [0.05, 0.1) is 7.11 Å². The summed E-state index contributed by atoms with van der Waals surface area (Å²) in [6, 6.07) is 7.63. The molecule has 0 heterocycles. The molecule has 1 N–H and O–H groups in total. The molecule has 0 unspecified atom stereocenters. The van der Waals surface area contributed by atoms with Gasteiger partial charge in [-0.05, 0) is 31.9 Å². The first-order valence-electron chi connectivity index (χ1n) is 5.07. The standard InChI is InChI=1S/C13H16O3/c1-9(10(2)13(14)15)8-11-6-4-5-7-12(11)16-3/h4-7H,8H2,1-3H3,(H,14,15). The summed E-state index contributed by atoms with van der Waals surface area (Å²) in [4.78, 5) is 10.8. The monoisotopic (exact) mass is 220 g/mol. The smallest absolute Gasteiger partial charge is 0.331 e. The molecule has 1 rings (SSSR count). The number of methoxy groups -OCH3 is 1. The molecule has 0 saturated carbocycles. The fraction of sp³-hybridized carbons (Fsp3) is 0.308. The number of rotatable bonds is 4. The number of carbonyl (C=O) groups is 1. The van der Waals surface area contributed by atoms with Gasteiger partial charge in [-0.15, -0.1) is 0 Å². The Balaban J connectivity index is 2.97. The Morgan fingerprint density at radius 1 is 1.31 bits per heavy atom. The van der Waals surface area contributed by atoms with Crippen LogP contribution in [0, 0.1) is 0 Å². The third-order valence-electron chi connectivity index (χ3n) is 2.61. The van der Waals surface area contributed by atoms with Crippen LogP contribution in [-0.4, -0.2) is 18.2 Å². The summed E-state index contributed by atoms with van der Waals surface area (Å²) in [5.41, 5.74) is 2.24. The molecule has 0 fully saturated rings. The topological polar surface area (TPSA) is 46.5 Å². The van der Waals surface area contributed by atoms with E-state index in [9.17, 15) is 4.79 Å². The van der Waals surface area contributed by atoms with Crippen molar-refractivity contribution in [2.75, 3.05) is 7.11 Å². The highest BCUT2D eigenvalue weighted by atomic mass is 16.5. The number of aliphatic carboxylic acids is 1. The van der Waals surface area contributed by atoms with Crippen LogP contribution in [0.1, 0.15) is 19.4 Å². The van der Waals surface area contributed by atoms with Crippen molar-refractivity contribution in [1.82, 2.24) is 0 Å². The van der Waals surface area contributed by atoms with E-state index in [1.165, 1.54) is 0 Å². The Morgan fingerprint density at radius 2 is 1.94 bits per heavy atom. The molecular weight excluding hydrogens is 204 g/mol. The van der Waals surface area contributed by atoms with Crippen molar-refractivity contribution in [3.63, 3.8) is 0 Å². The molecule has 3 heteroatoms. The van der Waals surface area contributed by atoms with Crippen molar-refractivity contribution in [2.24, 2.45) is 0 Å². The predicted octanol–water partition coefficient (Wildman–Crippen LogP) is 2.66. The summed E-state index contributed by atoms with van der Waals surface area (Å²) >= 11 is 0. The van der Waals surface area contributed by atoms with E-state index < -0.39 is 5.97 Å². The molecule has 0 atom stereocenters. The second-order valence-electron chi connectivity index (χ2n) is 3.70. The van der Waals surface area contributed by atoms with E-state index >= 15 is 0 Å². The second-order valence-corrected chi connectivity index (χ2v) is 3.70. The molecule has 0 saturated heterocycles. The van der Waals surface area contributed by atoms with Crippen LogP contribution in [0.25, 0.3) is 0 Å². The van der Waals surface area contributed by atoms with Gasteiger partial charge in [0.25, 0.3) is 0 Å². The lowest BCUT2D eigenvalue weighted by atomic mass is 10.0. The van der Waals surface area contributed by atoms with E-state index in [0.29, 0.717) is 12.0 Å². The maximum Gasteiger partial charge on any atom is 0.331 e. The largest absolute Gasteiger partial charge is 0.496 e. The highest BCUT2D eigenvalue weighted by Gasteiger charge is 2.08. The van der Waals surface area contributed by atoms with E-state index in [-0.39, 0.29) is 0 Å². The van der Waals surface area contributed by atoms with Crippen molar-refractivity contribution in [1.29, 1.82) is 0 Å². The summed E-state index contributed by atoms with van der Waals surface area (Å²) in [6.45, 7) is 3.45. The van der Waals surface area contributed by atoms with E-state index in [4.69, 9.17) is 9.84 Å². The van der Waals surface area contributed by atoms with Crippen LogP contribution >= 0.6 is 0 Å². The number of carboxylic acids is 1. The minimum absolute atomic E-state index is 0.394. The van der Waals surface area contributed by atoms with E-state index in [2.05, 4.69) is 0 Å². The minimum Gasteiger partial charge on any atom is -0.496 e. The van der Waals surface area contributed by atoms with E-state index in [1.807, 2.05) is 31.2 Å². The van der Waals surface area contributed by atoms with Gasteiger partial charge in [-0.25, -0.2) is 4.79 Å². The van der Waals surface area contributed by atoms with Crippen LogP contribution in [0.5, 0.6) is 5.75 Å². The molecule has 0 aliphatic carbocycles. The number of para-hydroxylation sites is 1. The van der Waals surface area contributed by atoms with Crippen LogP contribution in [0.2, 0.25) is 0 Å². The third-order valence-corrected chi connectivity index (χ3v) is 2.61. The van der Waals surface area contributed by atoms with Crippen LogP contribution < -0.4 is 4.74 Å². The Morgan fingerprint density at radius 3 is 2.50 bits per heavy atom. The summed E-state index contributed by atoms with van der Waals surface area (Å²) in [7, 11) is 1.61. The molecule has 1 aromatic rings. The fourth-order valence-electron chi connectivity index (χ4n) is 1.45. The molecule has 0 spiro atoms. The summed E-state index contributed by atoms with van der Waals surface area (Å²) < 4.78 is 5.22. The lowest BCUT2D eigenvalue weighted by Crippen LogP contribution is -2.02. The zero-order valence-electron chi connectivity index (χ0n) is 9.78. The molecule has 3 nitrogen and oxygen atoms in total. The average molecular weight is 220 g/mol. The lowest BCUT2D eigenvalue weighted by molar-refractivity contribution is -0.132. The summed E-state index contributed by atoms with van der Waals surface area (Å²) in [6.07, 6.45) is 0.599. The average Bonchev–Trinajstić information content (AvgIpc) is 2.28. The SMILES string of the molecule is COc1ccccc1CC(C)=C(C)C(=O)O. The molecule has 0 amide bonds. The Kier molecular flexibility index (Phi) is 4.11. The molecule has 0 radical (unpaired) electrons. The molecule has 0 bridgehead atoms. The zero-order chi connectivity index (χ0) is 12.1. The molecule has 86 valence electrons. The minimum atomic E-state index is -0.868. The number of hydrogen-bond acceptors (Lipinski definition) is 2. The maximum atomic E-state index is 10.8. The van der Waals surface area contributed by atoms with Gasteiger partial charge in [-0.1, -0.05) is 23.8 Å².